The number of pyridine rings is 1. The third-order valence-electron chi connectivity index (χ3n) is 6.13. The number of para-hydroxylation sites is 1. The third-order valence-corrected chi connectivity index (χ3v) is 6.13. The maximum atomic E-state index is 13.4. The summed E-state index contributed by atoms with van der Waals surface area (Å²) in [6.45, 7) is 1.97. The van der Waals surface area contributed by atoms with E-state index in [0.29, 0.717) is 38.8 Å². The van der Waals surface area contributed by atoms with Gasteiger partial charge in [-0.25, -0.2) is 9.36 Å². The number of aliphatic imine (C=N–C) groups is 1. The van der Waals surface area contributed by atoms with E-state index in [-0.39, 0.29) is 24.4 Å². The van der Waals surface area contributed by atoms with Crippen molar-refractivity contribution in [1.82, 2.24) is 9.88 Å². The van der Waals surface area contributed by atoms with Crippen molar-refractivity contribution in [3.05, 3.63) is 99.8 Å². The molecule has 1 saturated carbocycles. The lowest BCUT2D eigenvalue weighted by Gasteiger charge is -2.14. The number of aromatic hydroxyl groups is 1. The van der Waals surface area contributed by atoms with Crippen LogP contribution in [-0.4, -0.2) is 40.4 Å². The number of hydrogen-bond acceptors (Lipinski definition) is 6. The van der Waals surface area contributed by atoms with Crippen molar-refractivity contribution in [3.8, 4) is 11.6 Å². The Bertz CT molecular complexity index is 1580. The number of fused-ring (bicyclic) bond motifs is 1. The number of carbonyl (C=O) groups is 2. The molecular formula is C29H25N3O5. The van der Waals surface area contributed by atoms with Gasteiger partial charge in [-0.05, 0) is 62.2 Å². The highest BCUT2D eigenvalue weighted by molar-refractivity contribution is 6.04. The van der Waals surface area contributed by atoms with Crippen molar-refractivity contribution >= 4 is 34.6 Å². The number of esters is 1. The third kappa shape index (κ3) is 4.86. The predicted octanol–water partition coefficient (Wildman–Crippen LogP) is 4.52. The maximum Gasteiger partial charge on any atom is 0.338 e. The summed E-state index contributed by atoms with van der Waals surface area (Å²) in [6.07, 6.45) is 3.41. The molecule has 5 rings (SSSR count). The maximum absolute atomic E-state index is 13.4. The molecule has 2 N–H and O–H groups in total. The first-order chi connectivity index (χ1) is 18.0. The second-order valence-corrected chi connectivity index (χ2v) is 8.71. The molecule has 0 radical (unpaired) electrons. The Morgan fingerprint density at radius 1 is 1.03 bits per heavy atom. The Morgan fingerprint density at radius 2 is 1.70 bits per heavy atom. The van der Waals surface area contributed by atoms with Crippen molar-refractivity contribution in [3.63, 3.8) is 0 Å². The van der Waals surface area contributed by atoms with Gasteiger partial charge >= 0.3 is 5.97 Å². The van der Waals surface area contributed by atoms with Gasteiger partial charge in [-0.2, -0.15) is 0 Å². The zero-order valence-corrected chi connectivity index (χ0v) is 20.2. The van der Waals surface area contributed by atoms with Crippen molar-refractivity contribution in [2.24, 2.45) is 4.99 Å². The van der Waals surface area contributed by atoms with Crippen LogP contribution >= 0.6 is 0 Å². The standard InChI is InChI=1S/C29H25N3O5/c1-2-37-29(36)18-11-15-20(16-12-18)32-27(34)22-8-4-3-7-21(22)24(28(32)35)17-30-25-10-6-5-9-23(25)26(33)31-19-13-14-19/h3-12,15-17,19,35H,2,13-14H2,1H3,(H,31,33). The number of aromatic nitrogens is 1. The van der Waals surface area contributed by atoms with Gasteiger partial charge in [-0.15, -0.1) is 0 Å². The number of benzene rings is 3. The molecule has 0 atom stereocenters. The number of rotatable bonds is 7. The van der Waals surface area contributed by atoms with E-state index < -0.39 is 11.5 Å². The molecule has 0 spiro atoms. The van der Waals surface area contributed by atoms with Gasteiger partial charge in [0, 0.05) is 23.0 Å². The van der Waals surface area contributed by atoms with Crippen LogP contribution in [0.15, 0.2) is 82.6 Å². The largest absolute Gasteiger partial charge is 0.494 e. The number of hydrogen-bond donors (Lipinski definition) is 2. The van der Waals surface area contributed by atoms with E-state index in [0.717, 1.165) is 12.8 Å². The van der Waals surface area contributed by atoms with Crippen molar-refractivity contribution in [2.75, 3.05) is 6.61 Å². The summed E-state index contributed by atoms with van der Waals surface area (Å²) in [6, 6.07) is 20.3. The van der Waals surface area contributed by atoms with Crippen LogP contribution in [0.4, 0.5) is 5.69 Å². The smallest absolute Gasteiger partial charge is 0.338 e. The molecular weight excluding hydrogens is 470 g/mol. The Labute approximate surface area is 212 Å². The lowest BCUT2D eigenvalue weighted by Crippen LogP contribution is -2.25. The molecule has 1 heterocycles. The highest BCUT2D eigenvalue weighted by Crippen LogP contribution is 2.28. The van der Waals surface area contributed by atoms with Crippen LogP contribution in [0, 0.1) is 0 Å². The summed E-state index contributed by atoms with van der Waals surface area (Å²) >= 11 is 0. The lowest BCUT2D eigenvalue weighted by atomic mass is 10.1. The van der Waals surface area contributed by atoms with Crippen LogP contribution < -0.4 is 10.9 Å². The van der Waals surface area contributed by atoms with E-state index in [1.165, 1.54) is 22.9 Å². The van der Waals surface area contributed by atoms with E-state index in [9.17, 15) is 19.5 Å². The van der Waals surface area contributed by atoms with E-state index in [2.05, 4.69) is 10.3 Å². The molecule has 1 aromatic heterocycles. The normalized spacial score (nSPS) is 13.1. The summed E-state index contributed by atoms with van der Waals surface area (Å²) in [5.41, 5.74) is 1.49. The van der Waals surface area contributed by atoms with Crippen LogP contribution in [0.5, 0.6) is 5.88 Å². The molecule has 1 fully saturated rings. The van der Waals surface area contributed by atoms with Gasteiger partial charge in [-0.1, -0.05) is 30.3 Å². The van der Waals surface area contributed by atoms with E-state index in [1.807, 2.05) is 0 Å². The minimum Gasteiger partial charge on any atom is -0.494 e. The molecule has 8 heteroatoms. The minimum absolute atomic E-state index is 0.198. The van der Waals surface area contributed by atoms with E-state index >= 15 is 0 Å². The van der Waals surface area contributed by atoms with Crippen LogP contribution in [0.25, 0.3) is 16.5 Å². The fourth-order valence-electron chi connectivity index (χ4n) is 4.09. The predicted molar refractivity (Wildman–Crippen MR) is 141 cm³/mol. The fourth-order valence-corrected chi connectivity index (χ4v) is 4.09. The molecule has 3 aromatic carbocycles. The fraction of sp³-hybridized carbons (Fsp3) is 0.172. The van der Waals surface area contributed by atoms with Crippen LogP contribution in [0.1, 0.15) is 46.0 Å². The molecule has 0 saturated heterocycles. The Kier molecular flexibility index (Phi) is 6.55. The second-order valence-electron chi connectivity index (χ2n) is 8.71. The topological polar surface area (TPSA) is 110 Å². The van der Waals surface area contributed by atoms with Crippen molar-refractivity contribution < 1.29 is 19.4 Å². The van der Waals surface area contributed by atoms with Gasteiger partial charge in [0.15, 0.2) is 0 Å². The summed E-state index contributed by atoms with van der Waals surface area (Å²) in [4.78, 5) is 42.6. The highest BCUT2D eigenvalue weighted by Gasteiger charge is 2.25. The summed E-state index contributed by atoms with van der Waals surface area (Å²) in [5, 5.41) is 15.1. The first-order valence-corrected chi connectivity index (χ1v) is 12.1. The number of nitrogens with zero attached hydrogens (tertiary/aromatic N) is 2. The SMILES string of the molecule is CCOC(=O)c1ccc(-n2c(O)c(C=Nc3ccccc3C(=O)NC3CC3)c3ccccc3c2=O)cc1. The average Bonchev–Trinajstić information content (AvgIpc) is 3.73. The second kappa shape index (κ2) is 10.1. The Morgan fingerprint density at radius 3 is 2.41 bits per heavy atom. The quantitative estimate of drug-likeness (QED) is 0.289. The summed E-state index contributed by atoms with van der Waals surface area (Å²) in [7, 11) is 0. The Balaban J connectivity index is 1.60. The van der Waals surface area contributed by atoms with Gasteiger partial charge in [-0.3, -0.25) is 14.6 Å². The molecule has 1 aliphatic carbocycles. The highest BCUT2D eigenvalue weighted by atomic mass is 16.5. The number of amides is 1. The number of nitrogens with one attached hydrogen (secondary N) is 1. The van der Waals surface area contributed by atoms with Gasteiger partial charge in [0.1, 0.15) is 0 Å². The first-order valence-electron chi connectivity index (χ1n) is 12.1. The zero-order chi connectivity index (χ0) is 25.9. The molecule has 8 nitrogen and oxygen atoms in total. The first kappa shape index (κ1) is 24.0. The molecule has 0 aliphatic heterocycles. The van der Waals surface area contributed by atoms with Gasteiger partial charge in [0.25, 0.3) is 11.5 Å². The van der Waals surface area contributed by atoms with Crippen LogP contribution in [0.2, 0.25) is 0 Å². The van der Waals surface area contributed by atoms with E-state index in [1.54, 1.807) is 67.6 Å². The van der Waals surface area contributed by atoms with Gasteiger partial charge < -0.3 is 15.2 Å². The van der Waals surface area contributed by atoms with Gasteiger partial charge in [0.2, 0.25) is 5.88 Å². The molecule has 1 aliphatic rings. The van der Waals surface area contributed by atoms with Gasteiger partial charge in [0.05, 0.1) is 34.7 Å². The summed E-state index contributed by atoms with van der Waals surface area (Å²) < 4.78 is 6.19. The monoisotopic (exact) mass is 495 g/mol. The number of ether oxygens (including phenoxy) is 1. The number of carbonyl (C=O) groups excluding carboxylic acids is 2. The van der Waals surface area contributed by atoms with Crippen molar-refractivity contribution in [1.29, 1.82) is 0 Å². The Hall–Kier alpha value is -4.72. The average molecular weight is 496 g/mol. The molecule has 37 heavy (non-hydrogen) atoms. The molecule has 4 aromatic rings. The lowest BCUT2D eigenvalue weighted by molar-refractivity contribution is 0.0526. The molecule has 186 valence electrons. The van der Waals surface area contributed by atoms with Crippen molar-refractivity contribution in [2.45, 2.75) is 25.8 Å². The van der Waals surface area contributed by atoms with E-state index in [4.69, 9.17) is 4.74 Å². The zero-order valence-electron chi connectivity index (χ0n) is 20.2. The molecule has 0 unspecified atom stereocenters. The molecule has 1 amide bonds. The van der Waals surface area contributed by atoms with Crippen LogP contribution in [0.3, 0.4) is 0 Å². The summed E-state index contributed by atoms with van der Waals surface area (Å²) in [5.74, 6) is -0.978. The minimum atomic E-state index is -0.471. The molecule has 0 bridgehead atoms. The van der Waals surface area contributed by atoms with Crippen LogP contribution in [-0.2, 0) is 4.74 Å².